The number of amides is 1. The fraction of sp³-hybridized carbons (Fsp3) is 0.194. The molecule has 222 valence electrons. The monoisotopic (exact) mass is 605 g/mol. The molecule has 43 heavy (non-hydrogen) atoms. The maximum absolute atomic E-state index is 13.2. The van der Waals surface area contributed by atoms with Crippen molar-refractivity contribution in [2.24, 2.45) is 0 Å². The number of pyridine rings is 1. The van der Waals surface area contributed by atoms with Gasteiger partial charge in [0.05, 0.1) is 22.6 Å². The van der Waals surface area contributed by atoms with Gasteiger partial charge < -0.3 is 19.9 Å². The van der Waals surface area contributed by atoms with E-state index in [-0.39, 0.29) is 34.6 Å². The van der Waals surface area contributed by atoms with Gasteiger partial charge in [0.1, 0.15) is 23.4 Å². The smallest absolute Gasteiger partial charge is 0.337 e. The number of carboxylic acids is 1. The molecule has 5 rings (SSSR count). The summed E-state index contributed by atoms with van der Waals surface area (Å²) in [7, 11) is -3.69. The predicted molar refractivity (Wildman–Crippen MR) is 155 cm³/mol. The molecule has 0 aliphatic carbocycles. The number of rotatable bonds is 10. The highest BCUT2D eigenvalue weighted by molar-refractivity contribution is 7.89. The van der Waals surface area contributed by atoms with Crippen molar-refractivity contribution in [1.29, 1.82) is 0 Å². The van der Waals surface area contributed by atoms with Crippen molar-refractivity contribution in [3.63, 3.8) is 0 Å². The average molecular weight is 606 g/mol. The van der Waals surface area contributed by atoms with Gasteiger partial charge in [0.25, 0.3) is 0 Å². The van der Waals surface area contributed by atoms with Gasteiger partial charge in [0.2, 0.25) is 21.8 Å². The molecule has 1 aromatic heterocycles. The summed E-state index contributed by atoms with van der Waals surface area (Å²) in [6.45, 7) is 0.592. The molecular formula is C31H28FN3O7S. The molecule has 10 nitrogen and oxygen atoms in total. The first-order valence-electron chi connectivity index (χ1n) is 13.4. The minimum absolute atomic E-state index is 0.00433. The average Bonchev–Trinajstić information content (AvgIpc) is 3.00. The number of carbonyl (C=O) groups excluding carboxylic acids is 1. The standard InChI is InChI=1S/C31H28FN3O7S/c32-22-6-12-26(13-7-22)43(39,40)35-17-15-25(16-18-35)41-23-8-10-24(11-9-23)42-30-14-5-21(20-33-30)19-29(36)34-28-4-2-1-3-27(28)31(37)38/h1-14,20,25H,15-19H2,(H,34,36)(H,37,38). The van der Waals surface area contributed by atoms with Crippen molar-refractivity contribution in [2.45, 2.75) is 30.3 Å². The second-order valence-corrected chi connectivity index (χ2v) is 11.8. The number of anilines is 1. The number of hydrogen-bond donors (Lipinski definition) is 2. The van der Waals surface area contributed by atoms with Gasteiger partial charge in [-0.2, -0.15) is 4.31 Å². The van der Waals surface area contributed by atoms with Crippen molar-refractivity contribution >= 4 is 27.6 Å². The van der Waals surface area contributed by atoms with Crippen LogP contribution in [0.1, 0.15) is 28.8 Å². The van der Waals surface area contributed by atoms with Crippen molar-refractivity contribution in [1.82, 2.24) is 9.29 Å². The Morgan fingerprint density at radius 3 is 2.26 bits per heavy atom. The molecule has 0 spiro atoms. The second-order valence-electron chi connectivity index (χ2n) is 9.83. The van der Waals surface area contributed by atoms with E-state index in [2.05, 4.69) is 10.3 Å². The maximum atomic E-state index is 13.2. The van der Waals surface area contributed by atoms with Crippen molar-refractivity contribution in [3.8, 4) is 17.4 Å². The Morgan fingerprint density at radius 1 is 0.930 bits per heavy atom. The zero-order chi connectivity index (χ0) is 30.4. The van der Waals surface area contributed by atoms with E-state index in [0.29, 0.717) is 48.9 Å². The number of nitrogens with one attached hydrogen (secondary N) is 1. The summed E-state index contributed by atoms with van der Waals surface area (Å²) < 4.78 is 52.1. The Morgan fingerprint density at radius 2 is 1.60 bits per heavy atom. The summed E-state index contributed by atoms with van der Waals surface area (Å²) in [5.74, 6) is -0.528. The predicted octanol–water partition coefficient (Wildman–Crippen LogP) is 5.12. The van der Waals surface area contributed by atoms with Gasteiger partial charge in [0, 0.05) is 25.4 Å². The van der Waals surface area contributed by atoms with Crippen LogP contribution in [0.3, 0.4) is 0 Å². The van der Waals surface area contributed by atoms with E-state index in [4.69, 9.17) is 9.47 Å². The van der Waals surface area contributed by atoms with Crippen molar-refractivity contribution in [2.75, 3.05) is 18.4 Å². The van der Waals surface area contributed by atoms with E-state index >= 15 is 0 Å². The van der Waals surface area contributed by atoms with E-state index in [1.807, 2.05) is 0 Å². The Labute approximate surface area is 247 Å². The Bertz CT molecular complexity index is 1690. The molecule has 1 amide bonds. The molecule has 4 aromatic rings. The third kappa shape index (κ3) is 7.53. The third-order valence-electron chi connectivity index (χ3n) is 6.80. The highest BCUT2D eigenvalue weighted by Crippen LogP contribution is 2.27. The van der Waals surface area contributed by atoms with Crippen LogP contribution in [-0.4, -0.2) is 53.9 Å². The number of halogens is 1. The lowest BCUT2D eigenvalue weighted by atomic mass is 10.1. The van der Waals surface area contributed by atoms with Gasteiger partial charge in [-0.3, -0.25) is 4.79 Å². The minimum atomic E-state index is -3.69. The number of carboxylic acid groups (broad SMARTS) is 1. The Kier molecular flexibility index (Phi) is 8.98. The molecule has 1 aliphatic heterocycles. The fourth-order valence-corrected chi connectivity index (χ4v) is 6.05. The lowest BCUT2D eigenvalue weighted by Crippen LogP contribution is -2.41. The van der Waals surface area contributed by atoms with E-state index < -0.39 is 21.8 Å². The molecule has 0 saturated carbocycles. The van der Waals surface area contributed by atoms with Gasteiger partial charge in [-0.15, -0.1) is 0 Å². The summed E-state index contributed by atoms with van der Waals surface area (Å²) >= 11 is 0. The SMILES string of the molecule is O=C(Cc1ccc(Oc2ccc(OC3CCN(S(=O)(=O)c4ccc(F)cc4)CC3)cc2)nc1)Nc1ccccc1C(=O)O. The molecule has 1 fully saturated rings. The van der Waals surface area contributed by atoms with Crippen LogP contribution in [0, 0.1) is 5.82 Å². The number of benzene rings is 3. The molecule has 2 heterocycles. The third-order valence-corrected chi connectivity index (χ3v) is 8.71. The lowest BCUT2D eigenvalue weighted by molar-refractivity contribution is -0.115. The summed E-state index contributed by atoms with van der Waals surface area (Å²) in [6, 6.07) is 21.3. The number of ether oxygens (including phenoxy) is 2. The molecule has 1 aliphatic rings. The number of aromatic nitrogens is 1. The van der Waals surface area contributed by atoms with E-state index in [1.54, 1.807) is 48.5 Å². The molecule has 0 unspecified atom stereocenters. The summed E-state index contributed by atoms with van der Waals surface area (Å²) in [5.41, 5.74) is 0.854. The normalized spacial score (nSPS) is 14.2. The Balaban J connectivity index is 1.09. The molecule has 12 heteroatoms. The van der Waals surface area contributed by atoms with Gasteiger partial charge >= 0.3 is 5.97 Å². The second kappa shape index (κ2) is 13.0. The molecule has 2 N–H and O–H groups in total. The summed E-state index contributed by atoms with van der Waals surface area (Å²) in [6.07, 6.45) is 2.39. The number of nitrogens with zero attached hydrogens (tertiary/aromatic N) is 2. The van der Waals surface area contributed by atoms with Crippen molar-refractivity contribution in [3.05, 3.63) is 108 Å². The van der Waals surface area contributed by atoms with Gasteiger partial charge in [-0.05, 0) is 79.1 Å². The number of carbonyl (C=O) groups is 2. The van der Waals surface area contributed by atoms with E-state index in [1.165, 1.54) is 34.8 Å². The first kappa shape index (κ1) is 29.7. The van der Waals surface area contributed by atoms with Crippen LogP contribution in [0.25, 0.3) is 0 Å². The zero-order valence-electron chi connectivity index (χ0n) is 22.9. The maximum Gasteiger partial charge on any atom is 0.337 e. The van der Waals surface area contributed by atoms with Gasteiger partial charge in [0.15, 0.2) is 0 Å². The summed E-state index contributed by atoms with van der Waals surface area (Å²) in [5, 5.41) is 11.9. The Hall–Kier alpha value is -4.81. The molecule has 0 bridgehead atoms. The van der Waals surface area contributed by atoms with Gasteiger partial charge in [-0.1, -0.05) is 18.2 Å². The lowest BCUT2D eigenvalue weighted by Gasteiger charge is -2.31. The van der Waals surface area contributed by atoms with E-state index in [0.717, 1.165) is 12.1 Å². The van der Waals surface area contributed by atoms with Crippen LogP contribution in [0.15, 0.2) is 96.0 Å². The van der Waals surface area contributed by atoms with Crippen molar-refractivity contribution < 1.29 is 37.0 Å². The number of para-hydroxylation sites is 1. The molecule has 3 aromatic carbocycles. The first-order chi connectivity index (χ1) is 20.7. The zero-order valence-corrected chi connectivity index (χ0v) is 23.7. The van der Waals surface area contributed by atoms with Crippen LogP contribution in [0.4, 0.5) is 10.1 Å². The van der Waals surface area contributed by atoms with Crippen LogP contribution in [0.2, 0.25) is 0 Å². The van der Waals surface area contributed by atoms with Crippen LogP contribution < -0.4 is 14.8 Å². The molecular weight excluding hydrogens is 577 g/mol. The van der Waals surface area contributed by atoms with Crippen LogP contribution in [0.5, 0.6) is 17.4 Å². The highest BCUT2D eigenvalue weighted by atomic mass is 32.2. The molecule has 0 radical (unpaired) electrons. The largest absolute Gasteiger partial charge is 0.490 e. The fourth-order valence-electron chi connectivity index (χ4n) is 4.58. The number of hydrogen-bond acceptors (Lipinski definition) is 7. The number of piperidine rings is 1. The number of aromatic carboxylic acids is 1. The topological polar surface area (TPSA) is 135 Å². The minimum Gasteiger partial charge on any atom is -0.490 e. The van der Waals surface area contributed by atoms with Gasteiger partial charge in [-0.25, -0.2) is 22.6 Å². The molecule has 0 atom stereocenters. The number of sulfonamides is 1. The van der Waals surface area contributed by atoms with E-state index in [9.17, 15) is 27.5 Å². The molecule has 1 saturated heterocycles. The quantitative estimate of drug-likeness (QED) is 0.254. The summed E-state index contributed by atoms with van der Waals surface area (Å²) in [4.78, 5) is 28.1. The van der Waals surface area contributed by atoms with Crippen LogP contribution in [-0.2, 0) is 21.2 Å². The van der Waals surface area contributed by atoms with Crippen LogP contribution >= 0.6 is 0 Å². The highest BCUT2D eigenvalue weighted by Gasteiger charge is 2.30. The first-order valence-corrected chi connectivity index (χ1v) is 14.9.